The van der Waals surface area contributed by atoms with Gasteiger partial charge < -0.3 is 10.5 Å². The lowest BCUT2D eigenvalue weighted by Gasteiger charge is -2.19. The van der Waals surface area contributed by atoms with E-state index in [1.807, 2.05) is 6.92 Å². The van der Waals surface area contributed by atoms with Gasteiger partial charge in [0.2, 0.25) is 0 Å². The summed E-state index contributed by atoms with van der Waals surface area (Å²) < 4.78 is 5.62. The van der Waals surface area contributed by atoms with Crippen LogP contribution >= 0.6 is 11.3 Å². The number of aromatic nitrogens is 2. The highest BCUT2D eigenvalue weighted by atomic mass is 32.1. The van der Waals surface area contributed by atoms with E-state index in [-0.39, 0.29) is 12.1 Å². The van der Waals surface area contributed by atoms with Crippen LogP contribution in [0.25, 0.3) is 0 Å². The fraction of sp³-hybridized carbons (Fsp3) is 0.778. The molecule has 14 heavy (non-hydrogen) atoms. The van der Waals surface area contributed by atoms with Gasteiger partial charge in [-0.3, -0.25) is 0 Å². The Hall–Kier alpha value is -0.520. The summed E-state index contributed by atoms with van der Waals surface area (Å²) in [7, 11) is 0. The van der Waals surface area contributed by atoms with Crippen LogP contribution in [0.2, 0.25) is 0 Å². The van der Waals surface area contributed by atoms with E-state index in [9.17, 15) is 0 Å². The zero-order chi connectivity index (χ0) is 9.97. The normalized spacial score (nSPS) is 24.9. The predicted molar refractivity (Wildman–Crippen MR) is 55.1 cm³/mol. The van der Waals surface area contributed by atoms with Crippen LogP contribution in [0.1, 0.15) is 48.3 Å². The van der Waals surface area contributed by atoms with Crippen molar-refractivity contribution in [2.24, 2.45) is 5.73 Å². The van der Waals surface area contributed by atoms with Gasteiger partial charge in [-0.15, -0.1) is 10.2 Å². The molecule has 2 rings (SSSR count). The molecule has 2 unspecified atom stereocenters. The van der Waals surface area contributed by atoms with E-state index in [1.165, 1.54) is 6.42 Å². The minimum Gasteiger partial charge on any atom is -0.371 e. The Morgan fingerprint density at radius 1 is 1.50 bits per heavy atom. The summed E-state index contributed by atoms with van der Waals surface area (Å²) >= 11 is 1.58. The van der Waals surface area contributed by atoms with E-state index in [4.69, 9.17) is 10.5 Å². The van der Waals surface area contributed by atoms with Gasteiger partial charge in [-0.1, -0.05) is 11.3 Å². The summed E-state index contributed by atoms with van der Waals surface area (Å²) in [5.74, 6) is 0. The van der Waals surface area contributed by atoms with Gasteiger partial charge >= 0.3 is 0 Å². The topological polar surface area (TPSA) is 61.0 Å². The summed E-state index contributed by atoms with van der Waals surface area (Å²) in [6, 6.07) is -0.0233. The van der Waals surface area contributed by atoms with E-state index in [1.54, 1.807) is 11.3 Å². The molecule has 2 N–H and O–H groups in total. The Kier molecular flexibility index (Phi) is 3.10. The van der Waals surface area contributed by atoms with Gasteiger partial charge in [-0.05, 0) is 26.2 Å². The van der Waals surface area contributed by atoms with Crippen molar-refractivity contribution in [3.05, 3.63) is 10.0 Å². The van der Waals surface area contributed by atoms with Crippen molar-refractivity contribution in [3.8, 4) is 0 Å². The first-order valence-corrected chi connectivity index (χ1v) is 5.79. The second kappa shape index (κ2) is 4.33. The molecule has 0 amide bonds. The fourth-order valence-corrected chi connectivity index (χ4v) is 2.38. The zero-order valence-corrected chi connectivity index (χ0v) is 9.09. The molecular formula is C9H15N3OS. The lowest BCUT2D eigenvalue weighted by atomic mass is 10.1. The monoisotopic (exact) mass is 213 g/mol. The van der Waals surface area contributed by atoms with Crippen molar-refractivity contribution in [3.63, 3.8) is 0 Å². The van der Waals surface area contributed by atoms with Gasteiger partial charge in [0.05, 0.1) is 6.04 Å². The molecule has 1 aromatic heterocycles. The van der Waals surface area contributed by atoms with Gasteiger partial charge in [0, 0.05) is 6.61 Å². The van der Waals surface area contributed by atoms with E-state index in [2.05, 4.69) is 10.2 Å². The van der Waals surface area contributed by atoms with Gasteiger partial charge in [0.1, 0.15) is 16.1 Å². The van der Waals surface area contributed by atoms with Crippen LogP contribution in [0.4, 0.5) is 0 Å². The zero-order valence-electron chi connectivity index (χ0n) is 8.27. The van der Waals surface area contributed by atoms with Crippen molar-refractivity contribution in [1.29, 1.82) is 0 Å². The van der Waals surface area contributed by atoms with Crippen LogP contribution in [0.5, 0.6) is 0 Å². The first-order chi connectivity index (χ1) is 6.77. The third-order valence-corrected chi connectivity index (χ3v) is 3.52. The molecular weight excluding hydrogens is 198 g/mol. The van der Waals surface area contributed by atoms with E-state index in [0.717, 1.165) is 29.5 Å². The predicted octanol–water partition coefficient (Wildman–Crippen LogP) is 1.80. The lowest BCUT2D eigenvalue weighted by molar-refractivity contribution is 0.0144. The molecule has 1 aliphatic rings. The van der Waals surface area contributed by atoms with Crippen LogP contribution in [0.15, 0.2) is 0 Å². The Labute approximate surface area is 87.5 Å². The second-order valence-electron chi connectivity index (χ2n) is 3.62. The standard InChI is InChI=1S/C9H15N3OS/c1-6(10)8-11-12-9(14-8)7-4-2-3-5-13-7/h6-7H,2-5,10H2,1H3. The number of nitrogens with two attached hydrogens (primary N) is 1. The number of hydrogen-bond donors (Lipinski definition) is 1. The summed E-state index contributed by atoms with van der Waals surface area (Å²) in [4.78, 5) is 0. The summed E-state index contributed by atoms with van der Waals surface area (Å²) in [5.41, 5.74) is 5.72. The molecule has 0 saturated carbocycles. The van der Waals surface area contributed by atoms with E-state index >= 15 is 0 Å². The molecule has 4 nitrogen and oxygen atoms in total. The van der Waals surface area contributed by atoms with Crippen molar-refractivity contribution in [1.82, 2.24) is 10.2 Å². The third-order valence-electron chi connectivity index (χ3n) is 2.30. The molecule has 0 aliphatic carbocycles. The largest absolute Gasteiger partial charge is 0.371 e. The van der Waals surface area contributed by atoms with Crippen molar-refractivity contribution in [2.75, 3.05) is 6.61 Å². The van der Waals surface area contributed by atoms with Gasteiger partial charge in [0.15, 0.2) is 0 Å². The average Bonchev–Trinajstić information content (AvgIpc) is 2.68. The molecule has 0 bridgehead atoms. The molecule has 2 heterocycles. The highest BCUT2D eigenvalue weighted by molar-refractivity contribution is 7.11. The maximum absolute atomic E-state index is 5.72. The SMILES string of the molecule is CC(N)c1nnc(C2CCCCO2)s1. The first kappa shape index (κ1) is 10.0. The molecule has 0 radical (unpaired) electrons. The van der Waals surface area contributed by atoms with E-state index < -0.39 is 0 Å². The fourth-order valence-electron chi connectivity index (χ4n) is 1.50. The molecule has 1 saturated heterocycles. The molecule has 1 aliphatic heterocycles. The molecule has 0 spiro atoms. The lowest BCUT2D eigenvalue weighted by Crippen LogP contribution is -2.11. The summed E-state index contributed by atoms with van der Waals surface area (Å²) in [6.45, 7) is 2.77. The highest BCUT2D eigenvalue weighted by Gasteiger charge is 2.20. The van der Waals surface area contributed by atoms with Crippen LogP contribution in [-0.2, 0) is 4.74 Å². The molecule has 1 aromatic rings. The van der Waals surface area contributed by atoms with Crippen LogP contribution in [0.3, 0.4) is 0 Å². The van der Waals surface area contributed by atoms with Crippen LogP contribution in [0, 0.1) is 0 Å². The quantitative estimate of drug-likeness (QED) is 0.813. The van der Waals surface area contributed by atoms with Crippen molar-refractivity contribution >= 4 is 11.3 Å². The second-order valence-corrected chi connectivity index (χ2v) is 4.66. The minimum atomic E-state index is -0.0233. The Morgan fingerprint density at radius 2 is 2.36 bits per heavy atom. The van der Waals surface area contributed by atoms with Crippen LogP contribution in [-0.4, -0.2) is 16.8 Å². The molecule has 78 valence electrons. The van der Waals surface area contributed by atoms with Crippen LogP contribution < -0.4 is 5.73 Å². The number of nitrogens with zero attached hydrogens (tertiary/aromatic N) is 2. The van der Waals surface area contributed by atoms with Gasteiger partial charge in [-0.25, -0.2) is 0 Å². The van der Waals surface area contributed by atoms with E-state index in [0.29, 0.717) is 0 Å². The van der Waals surface area contributed by atoms with Crippen molar-refractivity contribution in [2.45, 2.75) is 38.3 Å². The number of ether oxygens (including phenoxy) is 1. The first-order valence-electron chi connectivity index (χ1n) is 4.98. The summed E-state index contributed by atoms with van der Waals surface area (Å²) in [6.07, 6.45) is 3.61. The smallest absolute Gasteiger partial charge is 0.146 e. The molecule has 0 aromatic carbocycles. The molecule has 2 atom stereocenters. The highest BCUT2D eigenvalue weighted by Crippen LogP contribution is 2.30. The molecule has 5 heteroatoms. The van der Waals surface area contributed by atoms with Gasteiger partial charge in [-0.2, -0.15) is 0 Å². The maximum Gasteiger partial charge on any atom is 0.146 e. The number of hydrogen-bond acceptors (Lipinski definition) is 5. The Balaban J connectivity index is 2.07. The van der Waals surface area contributed by atoms with Gasteiger partial charge in [0.25, 0.3) is 0 Å². The van der Waals surface area contributed by atoms with Crippen molar-refractivity contribution < 1.29 is 4.74 Å². The minimum absolute atomic E-state index is 0.0233. The maximum atomic E-state index is 5.72. The average molecular weight is 213 g/mol. The summed E-state index contributed by atoms with van der Waals surface area (Å²) in [5, 5.41) is 10.1. The Morgan fingerprint density at radius 3 is 2.93 bits per heavy atom. The Bertz CT molecular complexity index is 294. The molecule has 1 fully saturated rings. The third kappa shape index (κ3) is 2.10. The number of rotatable bonds is 2.